The number of aryl methyl sites for hydroxylation is 2. The molecule has 3 aromatic rings. The number of amides is 2. The smallest absolute Gasteiger partial charge is 0.259 e. The van der Waals surface area contributed by atoms with E-state index >= 15 is 0 Å². The Bertz CT molecular complexity index is 1370. The molecule has 0 radical (unpaired) electrons. The van der Waals surface area contributed by atoms with Crippen LogP contribution < -0.4 is 4.90 Å². The highest BCUT2D eigenvalue weighted by atomic mass is 32.2. The monoisotopic (exact) mass is 500 g/mol. The number of likely N-dealkylation sites (tertiary alicyclic amines) is 1. The minimum atomic E-state index is -1.54. The fraction of sp³-hybridized carbons (Fsp3) is 0.333. The van der Waals surface area contributed by atoms with E-state index in [1.807, 2.05) is 18.7 Å². The van der Waals surface area contributed by atoms with Gasteiger partial charge in [-0.2, -0.15) is 0 Å². The van der Waals surface area contributed by atoms with Gasteiger partial charge < -0.3 is 9.80 Å². The van der Waals surface area contributed by atoms with Crippen molar-refractivity contribution in [2.24, 2.45) is 11.8 Å². The third kappa shape index (κ3) is 4.50. The summed E-state index contributed by atoms with van der Waals surface area (Å²) < 4.78 is 13.7. The van der Waals surface area contributed by atoms with Crippen LogP contribution in [0.1, 0.15) is 57.7 Å². The lowest BCUT2D eigenvalue weighted by molar-refractivity contribution is 0.0623. The number of nitrogens with zero attached hydrogens (tertiary/aromatic N) is 2. The molecule has 0 spiro atoms. The number of rotatable bonds is 3. The number of piperidine rings is 1. The molecular formula is C30H32N2O3S. The van der Waals surface area contributed by atoms with E-state index in [0.29, 0.717) is 45.0 Å². The van der Waals surface area contributed by atoms with Crippen molar-refractivity contribution >= 4 is 28.3 Å². The van der Waals surface area contributed by atoms with E-state index < -0.39 is 10.8 Å². The molecule has 3 aromatic carbocycles. The van der Waals surface area contributed by atoms with Crippen LogP contribution in [0.4, 0.5) is 5.69 Å². The first kappa shape index (κ1) is 24.4. The number of hydrogen-bond acceptors (Lipinski definition) is 3. The summed E-state index contributed by atoms with van der Waals surface area (Å²) >= 11 is 0. The summed E-state index contributed by atoms with van der Waals surface area (Å²) in [4.78, 5) is 32.1. The first-order valence-corrected chi connectivity index (χ1v) is 13.7. The number of anilines is 1. The van der Waals surface area contributed by atoms with E-state index in [4.69, 9.17) is 0 Å². The van der Waals surface area contributed by atoms with Crippen molar-refractivity contribution in [3.63, 3.8) is 0 Å². The summed E-state index contributed by atoms with van der Waals surface area (Å²) in [7, 11) is -1.54. The Kier molecular flexibility index (Phi) is 6.56. The van der Waals surface area contributed by atoms with Crippen LogP contribution in [0.3, 0.4) is 0 Å². The predicted octanol–water partition coefficient (Wildman–Crippen LogP) is 5.75. The van der Waals surface area contributed by atoms with Crippen molar-refractivity contribution in [1.29, 1.82) is 0 Å². The second-order valence-corrected chi connectivity index (χ2v) is 11.8. The minimum Gasteiger partial charge on any atom is -0.338 e. The van der Waals surface area contributed by atoms with Gasteiger partial charge in [0, 0.05) is 18.7 Å². The molecule has 2 aliphatic heterocycles. The quantitative estimate of drug-likeness (QED) is 0.460. The molecule has 0 aliphatic carbocycles. The molecule has 0 unspecified atom stereocenters. The molecule has 0 bridgehead atoms. The number of benzene rings is 3. The van der Waals surface area contributed by atoms with Crippen LogP contribution in [-0.2, 0) is 17.3 Å². The van der Waals surface area contributed by atoms with Gasteiger partial charge in [-0.05, 0) is 73.6 Å². The van der Waals surface area contributed by atoms with Crippen LogP contribution in [0.15, 0.2) is 70.5 Å². The average Bonchev–Trinajstić information content (AvgIpc) is 2.94. The van der Waals surface area contributed by atoms with Crippen molar-refractivity contribution in [2.75, 3.05) is 18.0 Å². The molecule has 0 aromatic heterocycles. The number of carbonyl (C=O) groups is 2. The third-order valence-electron chi connectivity index (χ3n) is 7.25. The Balaban J connectivity index is 1.62. The Morgan fingerprint density at radius 1 is 0.944 bits per heavy atom. The summed E-state index contributed by atoms with van der Waals surface area (Å²) in [6, 6.07) is 18.6. The van der Waals surface area contributed by atoms with Crippen LogP contribution in [0.25, 0.3) is 0 Å². The summed E-state index contributed by atoms with van der Waals surface area (Å²) in [5.41, 5.74) is 4.71. The van der Waals surface area contributed by atoms with E-state index in [2.05, 4.69) is 32.0 Å². The predicted molar refractivity (Wildman–Crippen MR) is 143 cm³/mol. The fourth-order valence-electron chi connectivity index (χ4n) is 5.51. The third-order valence-corrected chi connectivity index (χ3v) is 8.75. The second kappa shape index (κ2) is 9.66. The van der Waals surface area contributed by atoms with Gasteiger partial charge in [-0.3, -0.25) is 9.59 Å². The molecular weight excluding hydrogens is 468 g/mol. The van der Waals surface area contributed by atoms with Gasteiger partial charge in [0.15, 0.2) is 0 Å². The van der Waals surface area contributed by atoms with E-state index in [1.54, 1.807) is 47.4 Å². The van der Waals surface area contributed by atoms with Crippen molar-refractivity contribution in [3.05, 3.63) is 88.5 Å². The molecule has 5 nitrogen and oxygen atoms in total. The highest BCUT2D eigenvalue weighted by Crippen LogP contribution is 2.37. The van der Waals surface area contributed by atoms with Gasteiger partial charge in [0.2, 0.25) is 0 Å². The molecule has 186 valence electrons. The topological polar surface area (TPSA) is 57.7 Å². The van der Waals surface area contributed by atoms with Gasteiger partial charge in [-0.15, -0.1) is 0 Å². The maximum Gasteiger partial charge on any atom is 0.259 e. The molecule has 1 saturated heterocycles. The Hall–Kier alpha value is -3.25. The van der Waals surface area contributed by atoms with Crippen LogP contribution in [0.5, 0.6) is 0 Å². The number of hydrogen-bond donors (Lipinski definition) is 0. The summed E-state index contributed by atoms with van der Waals surface area (Å²) in [5.74, 6) is 0.650. The average molecular weight is 501 g/mol. The second-order valence-electron chi connectivity index (χ2n) is 10.4. The van der Waals surface area contributed by atoms with Gasteiger partial charge in [0.1, 0.15) is 0 Å². The Labute approximate surface area is 215 Å². The molecule has 1 fully saturated rings. The lowest BCUT2D eigenvalue weighted by Crippen LogP contribution is -2.42. The minimum absolute atomic E-state index is 0.0390. The normalized spacial score (nSPS) is 21.6. The van der Waals surface area contributed by atoms with E-state index in [9.17, 15) is 13.8 Å². The van der Waals surface area contributed by atoms with Crippen LogP contribution in [-0.4, -0.2) is 34.0 Å². The molecule has 2 amide bonds. The van der Waals surface area contributed by atoms with Crippen molar-refractivity contribution < 1.29 is 13.8 Å². The molecule has 36 heavy (non-hydrogen) atoms. The molecule has 3 atom stereocenters. The SMILES string of the molecule is Cc1ccc(C)c(CN2C(=O)c3ccccc3[S@](=O)c3ccc(C(=O)N4C[C@H](C)C[C@H](C)C4)cc32)c1. The van der Waals surface area contributed by atoms with Crippen LogP contribution in [0, 0.1) is 25.7 Å². The standard InChI is InChI=1S/C30H32N2O3S/c1-19-9-10-22(4)24(14-19)18-32-26-15-23(29(33)31-16-20(2)13-21(3)17-31)11-12-28(26)36(35)27-8-6-5-7-25(27)30(32)34/h5-12,14-15,20-21H,13,16-18H2,1-4H3/t20-,21+,36-/m0/s1. The van der Waals surface area contributed by atoms with E-state index in [-0.39, 0.29) is 11.8 Å². The summed E-state index contributed by atoms with van der Waals surface area (Å²) in [5, 5.41) is 0. The Morgan fingerprint density at radius 2 is 1.67 bits per heavy atom. The number of carbonyl (C=O) groups excluding carboxylic acids is 2. The maximum absolute atomic E-state index is 13.9. The molecule has 2 aliphatic rings. The lowest BCUT2D eigenvalue weighted by Gasteiger charge is -2.35. The molecule has 2 heterocycles. The zero-order chi connectivity index (χ0) is 25.6. The van der Waals surface area contributed by atoms with Gasteiger partial charge in [-0.1, -0.05) is 49.7 Å². The van der Waals surface area contributed by atoms with Crippen molar-refractivity contribution in [3.8, 4) is 0 Å². The summed E-state index contributed by atoms with van der Waals surface area (Å²) in [6.07, 6.45) is 1.11. The van der Waals surface area contributed by atoms with E-state index in [1.165, 1.54) is 0 Å². The fourth-order valence-corrected chi connectivity index (χ4v) is 6.85. The van der Waals surface area contributed by atoms with Crippen molar-refractivity contribution in [1.82, 2.24) is 4.90 Å². The first-order chi connectivity index (χ1) is 17.2. The molecule has 0 saturated carbocycles. The van der Waals surface area contributed by atoms with Gasteiger partial charge in [0.25, 0.3) is 11.8 Å². The summed E-state index contributed by atoms with van der Waals surface area (Å²) in [6.45, 7) is 10.2. The first-order valence-electron chi connectivity index (χ1n) is 12.5. The maximum atomic E-state index is 13.9. The number of fused-ring (bicyclic) bond motifs is 2. The van der Waals surface area contributed by atoms with Crippen LogP contribution >= 0.6 is 0 Å². The highest BCUT2D eigenvalue weighted by Gasteiger charge is 2.33. The van der Waals surface area contributed by atoms with Gasteiger partial charge in [-0.25, -0.2) is 4.21 Å². The highest BCUT2D eigenvalue weighted by molar-refractivity contribution is 7.85. The Morgan fingerprint density at radius 3 is 2.42 bits per heavy atom. The molecule has 0 N–H and O–H groups in total. The zero-order valence-corrected chi connectivity index (χ0v) is 22.1. The largest absolute Gasteiger partial charge is 0.338 e. The van der Waals surface area contributed by atoms with Gasteiger partial charge >= 0.3 is 0 Å². The van der Waals surface area contributed by atoms with E-state index in [0.717, 1.165) is 36.2 Å². The van der Waals surface area contributed by atoms with Crippen molar-refractivity contribution in [2.45, 2.75) is 50.5 Å². The van der Waals surface area contributed by atoms with Gasteiger partial charge in [0.05, 0.1) is 38.4 Å². The lowest BCUT2D eigenvalue weighted by atomic mass is 9.91. The molecule has 6 heteroatoms. The molecule has 5 rings (SSSR count). The zero-order valence-electron chi connectivity index (χ0n) is 21.3. The van der Waals surface area contributed by atoms with Crippen LogP contribution in [0.2, 0.25) is 0 Å².